The molecule has 0 aliphatic rings. The highest BCUT2D eigenvalue weighted by molar-refractivity contribution is 7.99. The number of rotatable bonds is 9. The lowest BCUT2D eigenvalue weighted by Crippen LogP contribution is -2.48. The number of amides is 2. The maximum Gasteiger partial charge on any atom is 0.242 e. The van der Waals surface area contributed by atoms with Gasteiger partial charge in [-0.15, -0.1) is 11.8 Å². The number of benzene rings is 2. The summed E-state index contributed by atoms with van der Waals surface area (Å²) in [6, 6.07) is 8.85. The molecule has 162 valence electrons. The third-order valence-corrected chi connectivity index (χ3v) is 6.43. The zero-order valence-electron chi connectivity index (χ0n) is 16.6. The van der Waals surface area contributed by atoms with Crippen LogP contribution < -0.4 is 5.32 Å². The smallest absolute Gasteiger partial charge is 0.242 e. The van der Waals surface area contributed by atoms with Crippen molar-refractivity contribution in [3.8, 4) is 0 Å². The topological polar surface area (TPSA) is 49.4 Å². The fraction of sp³-hybridized carbons (Fsp3) is 0.333. The molecule has 2 amide bonds. The number of likely N-dealkylation sites (N-methyl/N-ethyl adjacent to an activating group) is 1. The molecule has 2 aromatic carbocycles. The Bertz CT molecular complexity index is 894. The van der Waals surface area contributed by atoms with Crippen LogP contribution in [0, 0.1) is 5.82 Å². The van der Waals surface area contributed by atoms with Crippen molar-refractivity contribution >= 4 is 58.4 Å². The van der Waals surface area contributed by atoms with Gasteiger partial charge in [0.2, 0.25) is 11.8 Å². The van der Waals surface area contributed by atoms with Crippen molar-refractivity contribution in [1.82, 2.24) is 10.2 Å². The second kappa shape index (κ2) is 11.8. The van der Waals surface area contributed by atoms with E-state index in [1.807, 2.05) is 6.92 Å². The van der Waals surface area contributed by atoms with Gasteiger partial charge in [0.25, 0.3) is 0 Å². The first-order valence-electron chi connectivity index (χ1n) is 9.26. The number of thioether (sulfide) groups is 1. The number of halogens is 4. The van der Waals surface area contributed by atoms with Crippen LogP contribution in [-0.2, 0) is 21.9 Å². The number of carbonyl (C=O) groups is 2. The molecule has 2 rings (SSSR count). The minimum absolute atomic E-state index is 0.0652. The molecular weight excluding hydrogens is 470 g/mol. The van der Waals surface area contributed by atoms with E-state index in [-0.39, 0.29) is 29.9 Å². The molecule has 0 bridgehead atoms. The number of hydrogen-bond donors (Lipinski definition) is 1. The predicted octanol–water partition coefficient (Wildman–Crippen LogP) is 5.57. The molecule has 0 spiro atoms. The van der Waals surface area contributed by atoms with Gasteiger partial charge in [-0.05, 0) is 43.7 Å². The Kier molecular flexibility index (Phi) is 9.75. The lowest BCUT2D eigenvalue weighted by atomic mass is 10.1. The number of carbonyl (C=O) groups excluding carboxylic acids is 2. The predicted molar refractivity (Wildman–Crippen MR) is 123 cm³/mol. The Balaban J connectivity index is 2.12. The Morgan fingerprint density at radius 1 is 1.13 bits per heavy atom. The quantitative estimate of drug-likeness (QED) is 0.499. The molecule has 0 aromatic heterocycles. The average Bonchev–Trinajstić information content (AvgIpc) is 2.70. The normalized spacial score (nSPS) is 11.8. The summed E-state index contributed by atoms with van der Waals surface area (Å²) in [6.07, 6.45) is 0. The lowest BCUT2D eigenvalue weighted by molar-refractivity contribution is -0.138. The van der Waals surface area contributed by atoms with Crippen LogP contribution in [0.4, 0.5) is 4.39 Å². The van der Waals surface area contributed by atoms with E-state index >= 15 is 0 Å². The van der Waals surface area contributed by atoms with E-state index in [9.17, 15) is 14.0 Å². The molecule has 0 radical (unpaired) electrons. The second-order valence-electron chi connectivity index (χ2n) is 6.53. The Morgan fingerprint density at radius 3 is 2.50 bits per heavy atom. The van der Waals surface area contributed by atoms with Crippen molar-refractivity contribution in [2.45, 2.75) is 32.2 Å². The highest BCUT2D eigenvalue weighted by atomic mass is 35.5. The highest BCUT2D eigenvalue weighted by Gasteiger charge is 2.26. The first kappa shape index (κ1) is 24.8. The van der Waals surface area contributed by atoms with E-state index in [2.05, 4.69) is 5.32 Å². The summed E-state index contributed by atoms with van der Waals surface area (Å²) < 4.78 is 13.9. The molecule has 1 atom stereocenters. The zero-order valence-corrected chi connectivity index (χ0v) is 19.6. The van der Waals surface area contributed by atoms with Crippen molar-refractivity contribution in [3.63, 3.8) is 0 Å². The van der Waals surface area contributed by atoms with Crippen molar-refractivity contribution in [2.75, 3.05) is 12.3 Å². The monoisotopic (exact) mass is 490 g/mol. The number of nitrogens with zero attached hydrogens (tertiary/aromatic N) is 1. The summed E-state index contributed by atoms with van der Waals surface area (Å²) in [5, 5.41) is 3.83. The summed E-state index contributed by atoms with van der Waals surface area (Å²) in [7, 11) is 0. The largest absolute Gasteiger partial charge is 0.355 e. The standard InChI is InChI=1S/C21H22Cl3FN2O2S/c1-3-26-21(29)13(2)27(10-14-7-8-17(23)18(24)9-14)20(28)12-30-11-15-16(22)5-4-6-19(15)25/h4-9,13H,3,10-12H2,1-2H3,(H,26,29). The Labute approximate surface area is 195 Å². The maximum atomic E-state index is 13.9. The molecular formula is C21H22Cl3FN2O2S. The summed E-state index contributed by atoms with van der Waals surface area (Å²) >= 11 is 19.3. The Hall–Kier alpha value is -1.47. The van der Waals surface area contributed by atoms with Crippen molar-refractivity contribution in [1.29, 1.82) is 0 Å². The summed E-state index contributed by atoms with van der Waals surface area (Å²) in [5.41, 5.74) is 1.10. The average molecular weight is 492 g/mol. The summed E-state index contributed by atoms with van der Waals surface area (Å²) in [5.74, 6) is -0.612. The minimum atomic E-state index is -0.690. The highest BCUT2D eigenvalue weighted by Crippen LogP contribution is 2.26. The van der Waals surface area contributed by atoms with Gasteiger partial charge in [0.1, 0.15) is 11.9 Å². The Morgan fingerprint density at radius 2 is 1.87 bits per heavy atom. The SMILES string of the molecule is CCNC(=O)C(C)N(Cc1ccc(Cl)c(Cl)c1)C(=O)CSCc1c(F)cccc1Cl. The van der Waals surface area contributed by atoms with Gasteiger partial charge in [-0.1, -0.05) is 46.9 Å². The fourth-order valence-corrected chi connectivity index (χ4v) is 4.30. The van der Waals surface area contributed by atoms with E-state index in [0.717, 1.165) is 5.56 Å². The first-order chi connectivity index (χ1) is 14.2. The van der Waals surface area contributed by atoms with Crippen LogP contribution >= 0.6 is 46.6 Å². The van der Waals surface area contributed by atoms with Gasteiger partial charge < -0.3 is 10.2 Å². The molecule has 0 saturated heterocycles. The minimum Gasteiger partial charge on any atom is -0.355 e. The number of hydrogen-bond acceptors (Lipinski definition) is 3. The van der Waals surface area contributed by atoms with Gasteiger partial charge in [0.15, 0.2) is 0 Å². The van der Waals surface area contributed by atoms with Crippen molar-refractivity contribution < 1.29 is 14.0 Å². The van der Waals surface area contributed by atoms with E-state index < -0.39 is 11.9 Å². The van der Waals surface area contributed by atoms with E-state index in [0.29, 0.717) is 27.2 Å². The second-order valence-corrected chi connectivity index (χ2v) is 8.74. The van der Waals surface area contributed by atoms with Crippen LogP contribution in [0.3, 0.4) is 0 Å². The first-order valence-corrected chi connectivity index (χ1v) is 11.5. The van der Waals surface area contributed by atoms with Gasteiger partial charge in [-0.25, -0.2) is 4.39 Å². The maximum absolute atomic E-state index is 13.9. The van der Waals surface area contributed by atoms with Crippen LogP contribution in [-0.4, -0.2) is 35.1 Å². The third kappa shape index (κ3) is 6.77. The summed E-state index contributed by atoms with van der Waals surface area (Å²) in [6.45, 7) is 4.12. The van der Waals surface area contributed by atoms with E-state index in [1.54, 1.807) is 31.2 Å². The molecule has 0 aliphatic carbocycles. The molecule has 0 heterocycles. The van der Waals surface area contributed by atoms with Crippen LogP contribution in [0.15, 0.2) is 36.4 Å². The molecule has 2 aromatic rings. The van der Waals surface area contributed by atoms with Crippen LogP contribution in [0.2, 0.25) is 15.1 Å². The molecule has 0 saturated carbocycles. The van der Waals surface area contributed by atoms with Crippen molar-refractivity contribution in [2.24, 2.45) is 0 Å². The number of nitrogens with one attached hydrogen (secondary N) is 1. The molecule has 1 N–H and O–H groups in total. The molecule has 30 heavy (non-hydrogen) atoms. The fourth-order valence-electron chi connectivity index (χ4n) is 2.73. The zero-order chi connectivity index (χ0) is 22.3. The van der Waals surface area contributed by atoms with Crippen LogP contribution in [0.5, 0.6) is 0 Å². The lowest BCUT2D eigenvalue weighted by Gasteiger charge is -2.28. The van der Waals surface area contributed by atoms with Gasteiger partial charge >= 0.3 is 0 Å². The molecule has 1 unspecified atom stereocenters. The van der Waals surface area contributed by atoms with Gasteiger partial charge in [0, 0.05) is 29.4 Å². The third-order valence-electron chi connectivity index (χ3n) is 4.39. The van der Waals surface area contributed by atoms with Crippen LogP contribution in [0.1, 0.15) is 25.0 Å². The van der Waals surface area contributed by atoms with Crippen molar-refractivity contribution in [3.05, 3.63) is 68.4 Å². The van der Waals surface area contributed by atoms with Gasteiger partial charge in [-0.3, -0.25) is 9.59 Å². The molecule has 9 heteroatoms. The van der Waals surface area contributed by atoms with Gasteiger partial charge in [-0.2, -0.15) is 0 Å². The summed E-state index contributed by atoms with van der Waals surface area (Å²) in [4.78, 5) is 26.8. The molecule has 0 fully saturated rings. The van der Waals surface area contributed by atoms with E-state index in [1.165, 1.54) is 28.8 Å². The van der Waals surface area contributed by atoms with E-state index in [4.69, 9.17) is 34.8 Å². The molecule has 0 aliphatic heterocycles. The molecule has 4 nitrogen and oxygen atoms in total. The van der Waals surface area contributed by atoms with Gasteiger partial charge in [0.05, 0.1) is 15.8 Å². The van der Waals surface area contributed by atoms with Crippen LogP contribution in [0.25, 0.3) is 0 Å².